The highest BCUT2D eigenvalue weighted by molar-refractivity contribution is 7.89. The zero-order chi connectivity index (χ0) is 23.7. The number of para-hydroxylation sites is 2. The summed E-state index contributed by atoms with van der Waals surface area (Å²) in [6, 6.07) is 25.6. The van der Waals surface area contributed by atoms with Gasteiger partial charge in [-0.05, 0) is 29.3 Å². The number of nitro groups is 1. The van der Waals surface area contributed by atoms with Gasteiger partial charge in [-0.1, -0.05) is 60.7 Å². The van der Waals surface area contributed by atoms with Gasteiger partial charge < -0.3 is 4.90 Å². The van der Waals surface area contributed by atoms with E-state index in [4.69, 9.17) is 4.98 Å². The van der Waals surface area contributed by atoms with Crippen LogP contribution in [0.2, 0.25) is 0 Å². The summed E-state index contributed by atoms with van der Waals surface area (Å²) in [5, 5.41) is 12.4. The van der Waals surface area contributed by atoms with E-state index in [1.165, 1.54) is 28.6 Å². The Hall–Kier alpha value is -3.82. The molecular formula is C25H22N4O4S. The van der Waals surface area contributed by atoms with E-state index in [0.29, 0.717) is 13.1 Å². The standard InChI is InChI=1S/C25H22N4O4S/c30-29(31)23-12-6-7-13-24(23)34(32,33)28-16-14-27(15-17-28)25-18-21(19-8-2-1-3-9-19)20-10-4-5-11-22(20)26-25/h1-13,18H,14-17H2. The molecule has 1 aromatic heterocycles. The van der Waals surface area contributed by atoms with Gasteiger partial charge in [-0.3, -0.25) is 10.1 Å². The molecule has 1 aliphatic rings. The molecule has 0 saturated carbocycles. The van der Waals surface area contributed by atoms with Crippen molar-refractivity contribution in [1.29, 1.82) is 0 Å². The van der Waals surface area contributed by atoms with E-state index in [9.17, 15) is 18.5 Å². The fraction of sp³-hybridized carbons (Fsp3) is 0.160. The number of nitro benzene ring substituents is 1. The molecular weight excluding hydrogens is 452 g/mol. The van der Waals surface area contributed by atoms with E-state index in [2.05, 4.69) is 17.0 Å². The molecule has 9 heteroatoms. The number of hydrogen-bond donors (Lipinski definition) is 0. The molecule has 3 aromatic carbocycles. The molecule has 0 unspecified atom stereocenters. The van der Waals surface area contributed by atoms with E-state index < -0.39 is 20.6 Å². The summed E-state index contributed by atoms with van der Waals surface area (Å²) >= 11 is 0. The lowest BCUT2D eigenvalue weighted by Crippen LogP contribution is -2.49. The molecule has 0 radical (unpaired) electrons. The summed E-state index contributed by atoms with van der Waals surface area (Å²) in [5.74, 6) is 0.778. The fourth-order valence-corrected chi connectivity index (χ4v) is 5.88. The maximum atomic E-state index is 13.2. The average molecular weight is 475 g/mol. The van der Waals surface area contributed by atoms with Gasteiger partial charge in [0.15, 0.2) is 4.90 Å². The molecule has 4 aromatic rings. The van der Waals surface area contributed by atoms with Crippen molar-refractivity contribution in [2.75, 3.05) is 31.1 Å². The maximum absolute atomic E-state index is 13.2. The third-order valence-corrected chi connectivity index (χ3v) is 7.98. The number of anilines is 1. The van der Waals surface area contributed by atoms with E-state index in [1.54, 1.807) is 0 Å². The molecule has 172 valence electrons. The molecule has 34 heavy (non-hydrogen) atoms. The van der Waals surface area contributed by atoms with Crippen molar-refractivity contribution in [1.82, 2.24) is 9.29 Å². The number of aromatic nitrogens is 1. The molecule has 0 amide bonds. The highest BCUT2D eigenvalue weighted by Gasteiger charge is 2.33. The lowest BCUT2D eigenvalue weighted by molar-refractivity contribution is -0.387. The number of rotatable bonds is 5. The van der Waals surface area contributed by atoms with Gasteiger partial charge in [0.1, 0.15) is 5.82 Å². The number of sulfonamides is 1. The molecule has 1 saturated heterocycles. The van der Waals surface area contributed by atoms with Gasteiger partial charge in [0, 0.05) is 37.6 Å². The van der Waals surface area contributed by atoms with Gasteiger partial charge >= 0.3 is 0 Å². The molecule has 1 fully saturated rings. The summed E-state index contributed by atoms with van der Waals surface area (Å²) in [4.78, 5) is 17.3. The first-order valence-corrected chi connectivity index (χ1v) is 12.3. The molecule has 0 aliphatic carbocycles. The molecule has 2 heterocycles. The second-order valence-electron chi connectivity index (χ2n) is 8.03. The van der Waals surface area contributed by atoms with Gasteiger partial charge in [0.05, 0.1) is 10.4 Å². The van der Waals surface area contributed by atoms with Crippen molar-refractivity contribution in [3.8, 4) is 11.1 Å². The highest BCUT2D eigenvalue weighted by atomic mass is 32.2. The van der Waals surface area contributed by atoms with E-state index in [-0.39, 0.29) is 18.0 Å². The SMILES string of the molecule is O=[N+]([O-])c1ccccc1S(=O)(=O)N1CCN(c2cc(-c3ccccc3)c3ccccc3n2)CC1. The monoisotopic (exact) mass is 474 g/mol. The second-order valence-corrected chi connectivity index (χ2v) is 9.93. The first-order valence-electron chi connectivity index (χ1n) is 10.9. The Bertz CT molecular complexity index is 1470. The number of benzene rings is 3. The molecule has 1 aliphatic heterocycles. The summed E-state index contributed by atoms with van der Waals surface area (Å²) in [7, 11) is -3.98. The van der Waals surface area contributed by atoms with Crippen LogP contribution in [0.3, 0.4) is 0 Å². The zero-order valence-corrected chi connectivity index (χ0v) is 19.1. The summed E-state index contributed by atoms with van der Waals surface area (Å²) in [6.45, 7) is 1.28. The molecule has 0 bridgehead atoms. The quantitative estimate of drug-likeness (QED) is 0.316. The minimum Gasteiger partial charge on any atom is -0.354 e. The van der Waals surface area contributed by atoms with Gasteiger partial charge in [-0.2, -0.15) is 4.31 Å². The first kappa shape index (κ1) is 22.0. The van der Waals surface area contributed by atoms with Crippen LogP contribution in [0, 0.1) is 10.1 Å². The Labute approximate surface area is 197 Å². The lowest BCUT2D eigenvalue weighted by Gasteiger charge is -2.35. The Kier molecular flexibility index (Phi) is 5.72. The first-order chi connectivity index (χ1) is 16.4. The molecule has 0 atom stereocenters. The van der Waals surface area contributed by atoms with Gasteiger partial charge in [0.2, 0.25) is 10.0 Å². The number of piperazine rings is 1. The highest BCUT2D eigenvalue weighted by Crippen LogP contribution is 2.32. The van der Waals surface area contributed by atoms with Crippen molar-refractivity contribution in [3.63, 3.8) is 0 Å². The number of hydrogen-bond acceptors (Lipinski definition) is 6. The average Bonchev–Trinajstić information content (AvgIpc) is 2.88. The Balaban J connectivity index is 1.44. The minimum atomic E-state index is -3.98. The minimum absolute atomic E-state index is 0.212. The van der Waals surface area contributed by atoms with Crippen LogP contribution in [0.15, 0.2) is 89.8 Å². The number of nitrogens with zero attached hydrogens (tertiary/aromatic N) is 4. The Morgan fingerprint density at radius 3 is 2.21 bits per heavy atom. The van der Waals surface area contributed by atoms with Gasteiger partial charge in [-0.25, -0.2) is 13.4 Å². The van der Waals surface area contributed by atoms with Crippen molar-refractivity contribution >= 4 is 32.4 Å². The predicted molar refractivity (Wildman–Crippen MR) is 131 cm³/mol. The van der Waals surface area contributed by atoms with E-state index in [1.807, 2.05) is 48.5 Å². The molecule has 8 nitrogen and oxygen atoms in total. The predicted octanol–water partition coefficient (Wildman–Crippen LogP) is 4.32. The third kappa shape index (κ3) is 4.00. The van der Waals surface area contributed by atoms with Crippen LogP contribution >= 0.6 is 0 Å². The number of fused-ring (bicyclic) bond motifs is 1. The van der Waals surface area contributed by atoms with Crippen LogP contribution in [-0.4, -0.2) is 48.8 Å². The van der Waals surface area contributed by atoms with Crippen LogP contribution < -0.4 is 4.90 Å². The van der Waals surface area contributed by atoms with Crippen molar-refractivity contribution in [2.45, 2.75) is 4.90 Å². The van der Waals surface area contributed by atoms with Crippen molar-refractivity contribution in [3.05, 3.63) is 95.0 Å². The van der Waals surface area contributed by atoms with E-state index in [0.717, 1.165) is 27.8 Å². The zero-order valence-electron chi connectivity index (χ0n) is 18.2. The second kappa shape index (κ2) is 8.85. The summed E-state index contributed by atoms with van der Waals surface area (Å²) < 4.78 is 27.6. The van der Waals surface area contributed by atoms with Crippen LogP contribution in [0.5, 0.6) is 0 Å². The maximum Gasteiger partial charge on any atom is 0.289 e. The third-order valence-electron chi connectivity index (χ3n) is 6.03. The summed E-state index contributed by atoms with van der Waals surface area (Å²) in [6.07, 6.45) is 0. The largest absolute Gasteiger partial charge is 0.354 e. The molecule has 0 spiro atoms. The normalized spacial score (nSPS) is 14.9. The van der Waals surface area contributed by atoms with Gasteiger partial charge in [0.25, 0.3) is 5.69 Å². The fourth-order valence-electron chi connectivity index (χ4n) is 4.30. The van der Waals surface area contributed by atoms with Crippen LogP contribution in [-0.2, 0) is 10.0 Å². The van der Waals surface area contributed by atoms with Crippen LogP contribution in [0.1, 0.15) is 0 Å². The number of pyridine rings is 1. The summed E-state index contributed by atoms with van der Waals surface area (Å²) in [5.41, 5.74) is 2.61. The molecule has 5 rings (SSSR count). The van der Waals surface area contributed by atoms with E-state index >= 15 is 0 Å². The van der Waals surface area contributed by atoms with Crippen molar-refractivity contribution < 1.29 is 13.3 Å². The van der Waals surface area contributed by atoms with Crippen LogP contribution in [0.4, 0.5) is 11.5 Å². The Morgan fingerprint density at radius 2 is 1.47 bits per heavy atom. The smallest absolute Gasteiger partial charge is 0.289 e. The molecule has 0 N–H and O–H groups in total. The topological polar surface area (TPSA) is 96.6 Å². The van der Waals surface area contributed by atoms with Crippen LogP contribution in [0.25, 0.3) is 22.0 Å². The van der Waals surface area contributed by atoms with Crippen molar-refractivity contribution in [2.24, 2.45) is 0 Å². The lowest BCUT2D eigenvalue weighted by atomic mass is 10.0. The van der Waals surface area contributed by atoms with Gasteiger partial charge in [-0.15, -0.1) is 0 Å². The Morgan fingerprint density at radius 1 is 0.824 bits per heavy atom.